The van der Waals surface area contributed by atoms with Gasteiger partial charge in [-0.3, -0.25) is 10.1 Å². The van der Waals surface area contributed by atoms with Crippen LogP contribution in [0.2, 0.25) is 0 Å². The van der Waals surface area contributed by atoms with Gasteiger partial charge in [0, 0.05) is 6.07 Å². The lowest BCUT2D eigenvalue weighted by Crippen LogP contribution is -2.17. The molecule has 98 valence electrons. The highest BCUT2D eigenvalue weighted by Gasteiger charge is 2.24. The highest BCUT2D eigenvalue weighted by molar-refractivity contribution is 5.58. The Morgan fingerprint density at radius 3 is 2.89 bits per heavy atom. The molecule has 6 heteroatoms. The highest BCUT2D eigenvalue weighted by atomic mass is 16.6. The molecule has 1 heterocycles. The summed E-state index contributed by atoms with van der Waals surface area (Å²) >= 11 is 0. The molecule has 0 saturated heterocycles. The van der Waals surface area contributed by atoms with Crippen LogP contribution < -0.4 is 14.8 Å². The Bertz CT molecular complexity index is 448. The molecule has 0 bridgehead atoms. The molecule has 0 unspecified atom stereocenters. The summed E-state index contributed by atoms with van der Waals surface area (Å²) in [7, 11) is 1.88. The van der Waals surface area contributed by atoms with E-state index < -0.39 is 4.92 Å². The number of rotatable bonds is 5. The van der Waals surface area contributed by atoms with Gasteiger partial charge < -0.3 is 14.8 Å². The Morgan fingerprint density at radius 2 is 2.17 bits per heavy atom. The molecule has 1 aliphatic heterocycles. The van der Waals surface area contributed by atoms with Gasteiger partial charge in [0.05, 0.1) is 4.92 Å². The lowest BCUT2D eigenvalue weighted by molar-refractivity contribution is -0.386. The number of fused-ring (bicyclic) bond motifs is 1. The normalized spacial score (nSPS) is 13.4. The Morgan fingerprint density at radius 1 is 1.39 bits per heavy atom. The van der Waals surface area contributed by atoms with Crippen molar-refractivity contribution < 1.29 is 14.4 Å². The Labute approximate surface area is 105 Å². The third kappa shape index (κ3) is 2.70. The first-order valence-corrected chi connectivity index (χ1v) is 5.94. The summed E-state index contributed by atoms with van der Waals surface area (Å²) in [6.07, 6.45) is 1.70. The number of nitrogens with zero attached hydrogens (tertiary/aromatic N) is 1. The number of ether oxygens (including phenoxy) is 2. The average molecular weight is 252 g/mol. The van der Waals surface area contributed by atoms with Crippen molar-refractivity contribution in [1.82, 2.24) is 5.32 Å². The third-order valence-electron chi connectivity index (χ3n) is 2.77. The second kappa shape index (κ2) is 5.68. The lowest BCUT2D eigenvalue weighted by Gasteiger charge is -2.18. The minimum atomic E-state index is -0.422. The van der Waals surface area contributed by atoms with E-state index in [1.807, 2.05) is 13.1 Å². The fourth-order valence-electron chi connectivity index (χ4n) is 1.94. The van der Waals surface area contributed by atoms with E-state index in [1.54, 1.807) is 6.07 Å². The molecule has 0 aliphatic carbocycles. The quantitative estimate of drug-likeness (QED) is 0.488. The van der Waals surface area contributed by atoms with E-state index in [2.05, 4.69) is 5.32 Å². The number of nitrogens with one attached hydrogen (secondary N) is 1. The van der Waals surface area contributed by atoms with Gasteiger partial charge in [0.25, 0.3) is 0 Å². The fraction of sp³-hybridized carbons (Fsp3) is 0.500. The van der Waals surface area contributed by atoms with Crippen LogP contribution in [-0.4, -0.2) is 31.7 Å². The average Bonchev–Trinajstić information content (AvgIpc) is 2.38. The standard InChI is InChI=1S/C12H16N2O4/c1-13-4-2-3-9-7-10(14(15)16)12-11(8-9)17-5-6-18-12/h7-8,13H,2-6H2,1H3. The third-order valence-corrected chi connectivity index (χ3v) is 2.77. The van der Waals surface area contributed by atoms with Gasteiger partial charge in [0.15, 0.2) is 5.75 Å². The lowest BCUT2D eigenvalue weighted by atomic mass is 10.1. The molecule has 0 fully saturated rings. The molecule has 1 N–H and O–H groups in total. The predicted molar refractivity (Wildman–Crippen MR) is 66.3 cm³/mol. The summed E-state index contributed by atoms with van der Waals surface area (Å²) in [5.74, 6) is 0.735. The molecule has 0 spiro atoms. The number of nitro benzene ring substituents is 1. The SMILES string of the molecule is CNCCCc1cc2c(c([N+](=O)[O-])c1)OCCO2. The minimum Gasteiger partial charge on any atom is -0.486 e. The molecule has 0 aromatic heterocycles. The Balaban J connectivity index is 2.26. The fourth-order valence-corrected chi connectivity index (χ4v) is 1.94. The summed E-state index contributed by atoms with van der Waals surface area (Å²) in [5, 5.41) is 14.1. The number of hydrogen-bond acceptors (Lipinski definition) is 5. The van der Waals surface area contributed by atoms with Gasteiger partial charge in [-0.2, -0.15) is 0 Å². The minimum absolute atomic E-state index is 0.00772. The van der Waals surface area contributed by atoms with Crippen LogP contribution in [0.3, 0.4) is 0 Å². The van der Waals surface area contributed by atoms with Crippen LogP contribution in [0.5, 0.6) is 11.5 Å². The van der Waals surface area contributed by atoms with Crippen LogP contribution in [0.1, 0.15) is 12.0 Å². The van der Waals surface area contributed by atoms with Gasteiger partial charge in [-0.1, -0.05) is 0 Å². The molecular weight excluding hydrogens is 236 g/mol. The summed E-state index contributed by atoms with van der Waals surface area (Å²) in [6.45, 7) is 1.67. The van der Waals surface area contributed by atoms with Crippen LogP contribution >= 0.6 is 0 Å². The van der Waals surface area contributed by atoms with Gasteiger partial charge in [0.2, 0.25) is 5.75 Å². The van der Waals surface area contributed by atoms with Crippen molar-refractivity contribution in [2.45, 2.75) is 12.8 Å². The largest absolute Gasteiger partial charge is 0.486 e. The van der Waals surface area contributed by atoms with E-state index >= 15 is 0 Å². The van der Waals surface area contributed by atoms with Crippen molar-refractivity contribution in [3.8, 4) is 11.5 Å². The van der Waals surface area contributed by atoms with E-state index in [1.165, 1.54) is 0 Å². The molecule has 0 atom stereocenters. The van der Waals surface area contributed by atoms with Gasteiger partial charge in [-0.15, -0.1) is 0 Å². The van der Waals surface area contributed by atoms with Crippen molar-refractivity contribution in [2.75, 3.05) is 26.8 Å². The van der Waals surface area contributed by atoms with E-state index in [4.69, 9.17) is 9.47 Å². The second-order valence-electron chi connectivity index (χ2n) is 4.10. The monoisotopic (exact) mass is 252 g/mol. The van der Waals surface area contributed by atoms with E-state index in [0.717, 1.165) is 24.9 Å². The van der Waals surface area contributed by atoms with E-state index in [0.29, 0.717) is 19.0 Å². The zero-order valence-corrected chi connectivity index (χ0v) is 10.3. The van der Waals surface area contributed by atoms with Gasteiger partial charge in [0.1, 0.15) is 13.2 Å². The number of benzene rings is 1. The van der Waals surface area contributed by atoms with Crippen LogP contribution in [0, 0.1) is 10.1 Å². The molecule has 2 rings (SSSR count). The molecular formula is C12H16N2O4. The second-order valence-corrected chi connectivity index (χ2v) is 4.10. The summed E-state index contributed by atoms with van der Waals surface area (Å²) < 4.78 is 10.7. The van der Waals surface area contributed by atoms with Crippen molar-refractivity contribution in [2.24, 2.45) is 0 Å². The van der Waals surface area contributed by atoms with E-state index in [9.17, 15) is 10.1 Å². The Kier molecular flexibility index (Phi) is 3.99. The first kappa shape index (κ1) is 12.6. The molecule has 1 aromatic rings. The number of nitro groups is 1. The zero-order valence-electron chi connectivity index (χ0n) is 10.3. The molecule has 0 amide bonds. The molecule has 0 saturated carbocycles. The molecule has 1 aromatic carbocycles. The van der Waals surface area contributed by atoms with Gasteiger partial charge >= 0.3 is 5.69 Å². The van der Waals surface area contributed by atoms with Crippen LogP contribution in [0.25, 0.3) is 0 Å². The molecule has 0 radical (unpaired) electrons. The van der Waals surface area contributed by atoms with Crippen LogP contribution in [0.4, 0.5) is 5.69 Å². The topological polar surface area (TPSA) is 73.6 Å². The number of hydrogen-bond donors (Lipinski definition) is 1. The van der Waals surface area contributed by atoms with Crippen molar-refractivity contribution in [3.63, 3.8) is 0 Å². The Hall–Kier alpha value is -1.82. The maximum Gasteiger partial charge on any atom is 0.315 e. The van der Waals surface area contributed by atoms with Crippen molar-refractivity contribution in [1.29, 1.82) is 0 Å². The first-order chi connectivity index (χ1) is 8.72. The smallest absolute Gasteiger partial charge is 0.315 e. The number of aryl methyl sites for hydroxylation is 1. The van der Waals surface area contributed by atoms with Gasteiger partial charge in [-0.25, -0.2) is 0 Å². The summed E-state index contributed by atoms with van der Waals surface area (Å²) in [6, 6.07) is 3.40. The molecule has 6 nitrogen and oxygen atoms in total. The van der Waals surface area contributed by atoms with Crippen LogP contribution in [-0.2, 0) is 6.42 Å². The van der Waals surface area contributed by atoms with Crippen molar-refractivity contribution >= 4 is 5.69 Å². The maximum atomic E-state index is 11.0. The molecule has 1 aliphatic rings. The van der Waals surface area contributed by atoms with E-state index in [-0.39, 0.29) is 11.4 Å². The maximum absolute atomic E-state index is 11.0. The van der Waals surface area contributed by atoms with Gasteiger partial charge in [-0.05, 0) is 38.1 Å². The highest BCUT2D eigenvalue weighted by Crippen LogP contribution is 2.40. The zero-order chi connectivity index (χ0) is 13.0. The summed E-state index contributed by atoms with van der Waals surface area (Å²) in [5.41, 5.74) is 0.896. The van der Waals surface area contributed by atoms with Crippen LogP contribution in [0.15, 0.2) is 12.1 Å². The predicted octanol–water partition coefficient (Wildman–Crippen LogP) is 1.52. The summed E-state index contributed by atoms with van der Waals surface area (Å²) in [4.78, 5) is 10.6. The first-order valence-electron chi connectivity index (χ1n) is 5.94. The molecule has 18 heavy (non-hydrogen) atoms. The van der Waals surface area contributed by atoms with Crippen molar-refractivity contribution in [3.05, 3.63) is 27.8 Å².